The molecule has 0 aliphatic carbocycles. The monoisotopic (exact) mass is 257 g/mol. The van der Waals surface area contributed by atoms with E-state index in [2.05, 4.69) is 23.8 Å². The summed E-state index contributed by atoms with van der Waals surface area (Å²) in [5, 5.41) is 9.02. The van der Waals surface area contributed by atoms with Crippen LogP contribution in [-0.2, 0) is 4.79 Å². The van der Waals surface area contributed by atoms with Crippen LogP contribution in [0.1, 0.15) is 19.8 Å². The van der Waals surface area contributed by atoms with Crippen molar-refractivity contribution in [1.29, 1.82) is 0 Å². The Labute approximate surface area is 110 Å². The lowest BCUT2D eigenvalue weighted by Gasteiger charge is -2.34. The summed E-state index contributed by atoms with van der Waals surface area (Å²) in [5.74, 6) is 0.202. The summed E-state index contributed by atoms with van der Waals surface area (Å²) in [6, 6.07) is 0. The molecule has 1 rings (SSSR count). The van der Waals surface area contributed by atoms with Crippen LogP contribution in [-0.4, -0.2) is 85.2 Å². The van der Waals surface area contributed by atoms with Gasteiger partial charge in [0.25, 0.3) is 0 Å². The maximum Gasteiger partial charge on any atom is 0.236 e. The average Bonchev–Trinajstić information content (AvgIpc) is 2.37. The molecule has 0 aromatic heterocycles. The third kappa shape index (κ3) is 5.33. The molecule has 0 radical (unpaired) electrons. The Morgan fingerprint density at radius 3 is 2.44 bits per heavy atom. The number of likely N-dealkylation sites (N-methyl/N-ethyl adjacent to an activating group) is 1. The van der Waals surface area contributed by atoms with Crippen LogP contribution in [0.4, 0.5) is 0 Å². The third-order valence-electron chi connectivity index (χ3n) is 3.46. The molecule has 1 aliphatic rings. The molecule has 18 heavy (non-hydrogen) atoms. The number of nitrogens with zero attached hydrogens (tertiary/aromatic N) is 3. The topological polar surface area (TPSA) is 47.0 Å². The molecular formula is C13H27N3O2. The van der Waals surface area contributed by atoms with Gasteiger partial charge in [0, 0.05) is 32.7 Å². The van der Waals surface area contributed by atoms with Gasteiger partial charge in [-0.15, -0.1) is 0 Å². The number of hydrogen-bond donors (Lipinski definition) is 1. The molecule has 0 spiro atoms. The molecule has 1 amide bonds. The third-order valence-corrected chi connectivity index (χ3v) is 3.46. The first-order chi connectivity index (χ1) is 8.67. The van der Waals surface area contributed by atoms with Crippen molar-refractivity contribution in [2.75, 3.05) is 59.5 Å². The molecule has 1 aliphatic heterocycles. The molecule has 0 atom stereocenters. The zero-order chi connectivity index (χ0) is 13.4. The van der Waals surface area contributed by atoms with Crippen molar-refractivity contribution >= 4 is 5.91 Å². The summed E-state index contributed by atoms with van der Waals surface area (Å²) in [5.41, 5.74) is 0. The summed E-state index contributed by atoms with van der Waals surface area (Å²) in [6.45, 7) is 7.78. The Morgan fingerprint density at radius 2 is 1.89 bits per heavy atom. The Hall–Kier alpha value is -0.650. The maximum atomic E-state index is 12.1. The minimum absolute atomic E-state index is 0.125. The first-order valence-electron chi connectivity index (χ1n) is 6.97. The molecule has 0 unspecified atom stereocenters. The molecule has 0 saturated carbocycles. The van der Waals surface area contributed by atoms with E-state index in [1.54, 1.807) is 0 Å². The zero-order valence-electron chi connectivity index (χ0n) is 11.8. The highest BCUT2D eigenvalue weighted by atomic mass is 16.3. The van der Waals surface area contributed by atoms with E-state index in [0.717, 1.165) is 45.6 Å². The van der Waals surface area contributed by atoms with E-state index in [-0.39, 0.29) is 12.5 Å². The van der Waals surface area contributed by atoms with Gasteiger partial charge in [-0.1, -0.05) is 13.3 Å². The Bertz CT molecular complexity index is 240. The number of piperazine rings is 1. The fraction of sp³-hybridized carbons (Fsp3) is 0.923. The smallest absolute Gasteiger partial charge is 0.236 e. The van der Waals surface area contributed by atoms with Crippen molar-refractivity contribution < 1.29 is 9.90 Å². The van der Waals surface area contributed by atoms with Crippen LogP contribution in [0.3, 0.4) is 0 Å². The number of aliphatic hydroxyl groups is 1. The van der Waals surface area contributed by atoms with Crippen molar-refractivity contribution in [3.63, 3.8) is 0 Å². The van der Waals surface area contributed by atoms with E-state index in [4.69, 9.17) is 5.11 Å². The summed E-state index contributed by atoms with van der Waals surface area (Å²) in [4.78, 5) is 18.4. The quantitative estimate of drug-likeness (QED) is 0.689. The van der Waals surface area contributed by atoms with Crippen LogP contribution in [0, 0.1) is 0 Å². The second-order valence-electron chi connectivity index (χ2n) is 5.04. The number of amides is 1. The largest absolute Gasteiger partial charge is 0.395 e. The number of aliphatic hydroxyl groups excluding tert-OH is 1. The van der Waals surface area contributed by atoms with Crippen LogP contribution in [0.2, 0.25) is 0 Å². The summed E-state index contributed by atoms with van der Waals surface area (Å²) in [7, 11) is 2.08. The fourth-order valence-electron chi connectivity index (χ4n) is 2.14. The van der Waals surface area contributed by atoms with E-state index >= 15 is 0 Å². The normalized spacial score (nSPS) is 17.4. The first-order valence-corrected chi connectivity index (χ1v) is 6.97. The van der Waals surface area contributed by atoms with Crippen molar-refractivity contribution in [2.24, 2.45) is 0 Å². The van der Waals surface area contributed by atoms with Gasteiger partial charge in [-0.05, 0) is 20.0 Å². The number of rotatable bonds is 7. The SMILES string of the molecule is CCCCN(CCO)CC(=O)N1CCN(C)CC1. The predicted octanol–water partition coefficient (Wildman–Crippen LogP) is -0.145. The fourth-order valence-corrected chi connectivity index (χ4v) is 2.14. The highest BCUT2D eigenvalue weighted by Crippen LogP contribution is 2.02. The summed E-state index contributed by atoms with van der Waals surface area (Å²) >= 11 is 0. The van der Waals surface area contributed by atoms with Crippen LogP contribution < -0.4 is 0 Å². The highest BCUT2D eigenvalue weighted by molar-refractivity contribution is 5.78. The number of carbonyl (C=O) groups excluding carboxylic acids is 1. The van der Waals surface area contributed by atoms with Gasteiger partial charge in [0.2, 0.25) is 5.91 Å². The van der Waals surface area contributed by atoms with E-state index < -0.39 is 0 Å². The van der Waals surface area contributed by atoms with Gasteiger partial charge < -0.3 is 14.9 Å². The van der Waals surface area contributed by atoms with Gasteiger partial charge in [0.05, 0.1) is 13.2 Å². The second-order valence-corrected chi connectivity index (χ2v) is 5.04. The molecule has 1 saturated heterocycles. The first kappa shape index (κ1) is 15.4. The summed E-state index contributed by atoms with van der Waals surface area (Å²) < 4.78 is 0. The molecule has 0 aromatic carbocycles. The van der Waals surface area contributed by atoms with Gasteiger partial charge in [-0.3, -0.25) is 9.69 Å². The Balaban J connectivity index is 2.35. The molecule has 106 valence electrons. The van der Waals surface area contributed by atoms with E-state index in [9.17, 15) is 4.79 Å². The average molecular weight is 257 g/mol. The van der Waals surface area contributed by atoms with Crippen molar-refractivity contribution in [1.82, 2.24) is 14.7 Å². The number of hydrogen-bond acceptors (Lipinski definition) is 4. The number of unbranched alkanes of at least 4 members (excludes halogenated alkanes) is 1. The minimum atomic E-state index is 0.125. The minimum Gasteiger partial charge on any atom is -0.395 e. The molecule has 1 fully saturated rings. The van der Waals surface area contributed by atoms with Gasteiger partial charge in [-0.25, -0.2) is 0 Å². The standard InChI is InChI=1S/C13H27N3O2/c1-3-4-5-15(10-11-17)12-13(18)16-8-6-14(2)7-9-16/h17H,3-12H2,1-2H3. The lowest BCUT2D eigenvalue weighted by molar-refractivity contribution is -0.134. The Morgan fingerprint density at radius 1 is 1.22 bits per heavy atom. The molecule has 1 N–H and O–H groups in total. The van der Waals surface area contributed by atoms with Crippen LogP contribution in [0.5, 0.6) is 0 Å². The zero-order valence-corrected chi connectivity index (χ0v) is 11.8. The van der Waals surface area contributed by atoms with Crippen LogP contribution in [0.25, 0.3) is 0 Å². The maximum absolute atomic E-state index is 12.1. The molecule has 1 heterocycles. The highest BCUT2D eigenvalue weighted by Gasteiger charge is 2.20. The van der Waals surface area contributed by atoms with E-state index in [1.165, 1.54) is 0 Å². The lowest BCUT2D eigenvalue weighted by atomic mass is 10.3. The van der Waals surface area contributed by atoms with Crippen molar-refractivity contribution in [2.45, 2.75) is 19.8 Å². The van der Waals surface area contributed by atoms with Crippen molar-refractivity contribution in [3.8, 4) is 0 Å². The molecule has 0 aromatic rings. The van der Waals surface area contributed by atoms with Gasteiger partial charge in [0.15, 0.2) is 0 Å². The molecule has 5 heteroatoms. The predicted molar refractivity (Wildman–Crippen MR) is 72.5 cm³/mol. The van der Waals surface area contributed by atoms with Crippen LogP contribution in [0.15, 0.2) is 0 Å². The van der Waals surface area contributed by atoms with Gasteiger partial charge >= 0.3 is 0 Å². The molecular weight excluding hydrogens is 230 g/mol. The molecule has 5 nitrogen and oxygen atoms in total. The lowest BCUT2D eigenvalue weighted by Crippen LogP contribution is -2.50. The van der Waals surface area contributed by atoms with Crippen LogP contribution >= 0.6 is 0 Å². The Kier molecular flexibility index (Phi) is 7.23. The van der Waals surface area contributed by atoms with E-state index in [0.29, 0.717) is 13.1 Å². The second kappa shape index (κ2) is 8.45. The summed E-state index contributed by atoms with van der Waals surface area (Å²) in [6.07, 6.45) is 2.20. The van der Waals surface area contributed by atoms with Gasteiger partial charge in [-0.2, -0.15) is 0 Å². The van der Waals surface area contributed by atoms with E-state index in [1.807, 2.05) is 4.90 Å². The van der Waals surface area contributed by atoms with Gasteiger partial charge in [0.1, 0.15) is 0 Å². The van der Waals surface area contributed by atoms with Crippen molar-refractivity contribution in [3.05, 3.63) is 0 Å². The number of carbonyl (C=O) groups is 1. The molecule has 0 bridgehead atoms.